The third-order valence-electron chi connectivity index (χ3n) is 4.89. The highest BCUT2D eigenvalue weighted by Crippen LogP contribution is 2.36. The molecule has 0 bridgehead atoms. The van der Waals surface area contributed by atoms with Crippen molar-refractivity contribution < 1.29 is 9.47 Å². The highest BCUT2D eigenvalue weighted by molar-refractivity contribution is 7.71. The van der Waals surface area contributed by atoms with Gasteiger partial charge in [-0.3, -0.25) is 4.40 Å². The van der Waals surface area contributed by atoms with Crippen LogP contribution in [0.3, 0.4) is 0 Å². The predicted molar refractivity (Wildman–Crippen MR) is 114 cm³/mol. The van der Waals surface area contributed by atoms with Crippen LogP contribution in [0.4, 0.5) is 0 Å². The lowest BCUT2D eigenvalue weighted by Crippen LogP contribution is -1.95. The first kappa shape index (κ1) is 18.3. The highest BCUT2D eigenvalue weighted by atomic mass is 32.1. The summed E-state index contributed by atoms with van der Waals surface area (Å²) in [6.07, 6.45) is 3.77. The second kappa shape index (κ2) is 7.13. The maximum Gasteiger partial charge on any atom is 0.205 e. The number of hydrogen-bond donors (Lipinski definition) is 1. The Hall–Kier alpha value is -3.12. The molecule has 0 aliphatic rings. The summed E-state index contributed by atoms with van der Waals surface area (Å²) in [5.41, 5.74) is 7.19. The number of imidazole rings is 1. The SMILES string of the molecule is COc1ccc(OC)c(-c2cnc(=S)n3cc(-c4ccc(C)cc4C)[nH]c23)c1. The van der Waals surface area contributed by atoms with E-state index in [1.165, 1.54) is 11.1 Å². The number of H-pyrrole nitrogens is 1. The Morgan fingerprint density at radius 1 is 0.964 bits per heavy atom. The molecule has 2 aromatic heterocycles. The first-order valence-electron chi connectivity index (χ1n) is 8.92. The third-order valence-corrected chi connectivity index (χ3v) is 5.19. The largest absolute Gasteiger partial charge is 0.497 e. The van der Waals surface area contributed by atoms with Crippen LogP contribution in [-0.4, -0.2) is 28.6 Å². The Balaban J connectivity index is 1.98. The van der Waals surface area contributed by atoms with E-state index in [0.29, 0.717) is 4.77 Å². The van der Waals surface area contributed by atoms with E-state index in [1.54, 1.807) is 20.4 Å². The molecular weight excluding hydrogens is 370 g/mol. The van der Waals surface area contributed by atoms with Crippen LogP contribution in [-0.2, 0) is 0 Å². The number of benzene rings is 2. The zero-order valence-electron chi connectivity index (χ0n) is 16.2. The molecule has 0 radical (unpaired) electrons. The van der Waals surface area contributed by atoms with E-state index in [0.717, 1.165) is 39.5 Å². The fraction of sp³-hybridized carbons (Fsp3) is 0.182. The molecule has 2 aromatic carbocycles. The summed E-state index contributed by atoms with van der Waals surface area (Å²) in [6.45, 7) is 4.20. The van der Waals surface area contributed by atoms with E-state index >= 15 is 0 Å². The third kappa shape index (κ3) is 3.05. The molecule has 0 saturated heterocycles. The fourth-order valence-corrected chi connectivity index (χ4v) is 3.68. The van der Waals surface area contributed by atoms with E-state index in [-0.39, 0.29) is 0 Å². The van der Waals surface area contributed by atoms with Crippen LogP contribution in [0.1, 0.15) is 11.1 Å². The maximum atomic E-state index is 5.57. The highest BCUT2D eigenvalue weighted by Gasteiger charge is 2.15. The second-order valence-electron chi connectivity index (χ2n) is 6.73. The molecule has 0 spiro atoms. The summed E-state index contributed by atoms with van der Waals surface area (Å²) in [5, 5.41) is 0. The molecule has 0 atom stereocenters. The van der Waals surface area contributed by atoms with Crippen molar-refractivity contribution in [2.24, 2.45) is 0 Å². The lowest BCUT2D eigenvalue weighted by molar-refractivity contribution is 0.404. The second-order valence-corrected chi connectivity index (χ2v) is 7.09. The molecule has 5 nitrogen and oxygen atoms in total. The molecule has 0 unspecified atom stereocenters. The van der Waals surface area contributed by atoms with Gasteiger partial charge < -0.3 is 14.5 Å². The van der Waals surface area contributed by atoms with Crippen molar-refractivity contribution in [3.8, 4) is 33.9 Å². The molecule has 4 rings (SSSR count). The van der Waals surface area contributed by atoms with Gasteiger partial charge in [0.25, 0.3) is 0 Å². The first-order valence-corrected chi connectivity index (χ1v) is 9.33. The van der Waals surface area contributed by atoms with Crippen molar-refractivity contribution in [1.82, 2.24) is 14.4 Å². The van der Waals surface area contributed by atoms with Crippen LogP contribution in [0.5, 0.6) is 11.5 Å². The number of aromatic nitrogens is 3. The van der Waals surface area contributed by atoms with Gasteiger partial charge >= 0.3 is 0 Å². The molecular formula is C22H21N3O2S. The van der Waals surface area contributed by atoms with Crippen LogP contribution in [0.25, 0.3) is 28.0 Å². The quantitative estimate of drug-likeness (QED) is 0.476. The van der Waals surface area contributed by atoms with Crippen molar-refractivity contribution in [2.45, 2.75) is 13.8 Å². The van der Waals surface area contributed by atoms with Gasteiger partial charge in [-0.05, 0) is 49.8 Å². The Kier molecular flexibility index (Phi) is 4.65. The average Bonchev–Trinajstić information content (AvgIpc) is 3.13. The monoisotopic (exact) mass is 391 g/mol. The lowest BCUT2D eigenvalue weighted by Gasteiger charge is -2.11. The van der Waals surface area contributed by atoms with Gasteiger partial charge in [0.05, 0.1) is 19.9 Å². The van der Waals surface area contributed by atoms with Crippen molar-refractivity contribution in [1.29, 1.82) is 0 Å². The van der Waals surface area contributed by atoms with Crippen LogP contribution in [0.2, 0.25) is 0 Å². The zero-order chi connectivity index (χ0) is 19.8. The lowest BCUT2D eigenvalue weighted by atomic mass is 10.0. The molecule has 28 heavy (non-hydrogen) atoms. The summed E-state index contributed by atoms with van der Waals surface area (Å²) in [6, 6.07) is 12.1. The molecule has 0 fully saturated rings. The summed E-state index contributed by atoms with van der Waals surface area (Å²) in [7, 11) is 3.30. The minimum absolute atomic E-state index is 0.493. The topological polar surface area (TPSA) is 51.6 Å². The Labute approximate surface area is 168 Å². The summed E-state index contributed by atoms with van der Waals surface area (Å²) in [5.74, 6) is 1.49. The van der Waals surface area contributed by atoms with Gasteiger partial charge in [-0.2, -0.15) is 0 Å². The Morgan fingerprint density at radius 2 is 1.79 bits per heavy atom. The van der Waals surface area contributed by atoms with E-state index < -0.39 is 0 Å². The van der Waals surface area contributed by atoms with Gasteiger partial charge in [-0.1, -0.05) is 23.8 Å². The van der Waals surface area contributed by atoms with Gasteiger partial charge in [-0.15, -0.1) is 0 Å². The molecule has 2 heterocycles. The molecule has 4 aromatic rings. The number of fused-ring (bicyclic) bond motifs is 1. The Morgan fingerprint density at radius 3 is 2.50 bits per heavy atom. The van der Waals surface area contributed by atoms with Crippen LogP contribution in [0.15, 0.2) is 48.8 Å². The summed E-state index contributed by atoms with van der Waals surface area (Å²) < 4.78 is 13.4. The summed E-state index contributed by atoms with van der Waals surface area (Å²) in [4.78, 5) is 7.95. The predicted octanol–water partition coefficient (Wildman–Crippen LogP) is 5.36. The van der Waals surface area contributed by atoms with Crippen LogP contribution >= 0.6 is 12.2 Å². The van der Waals surface area contributed by atoms with Crippen LogP contribution < -0.4 is 9.47 Å². The zero-order valence-corrected chi connectivity index (χ0v) is 17.1. The smallest absolute Gasteiger partial charge is 0.205 e. The molecule has 142 valence electrons. The minimum atomic E-state index is 0.493. The van der Waals surface area contributed by atoms with Crippen molar-refractivity contribution in [3.63, 3.8) is 0 Å². The van der Waals surface area contributed by atoms with Gasteiger partial charge in [0, 0.05) is 29.1 Å². The number of rotatable bonds is 4. The summed E-state index contributed by atoms with van der Waals surface area (Å²) >= 11 is 5.47. The van der Waals surface area contributed by atoms with Crippen LogP contribution in [0, 0.1) is 18.6 Å². The Bertz CT molecular complexity index is 1240. The number of methoxy groups -OCH3 is 2. The van der Waals surface area contributed by atoms with Gasteiger partial charge in [0.2, 0.25) is 4.77 Å². The van der Waals surface area contributed by atoms with E-state index in [9.17, 15) is 0 Å². The average molecular weight is 391 g/mol. The standard InChI is InChI=1S/C22H21N3O2S/c1-13-5-7-16(14(2)9-13)19-12-25-21(24-19)18(11-23-22(25)28)17-10-15(26-3)6-8-20(17)27-4/h5-12,24H,1-4H3. The normalized spacial score (nSPS) is 11.0. The van der Waals surface area contributed by atoms with E-state index in [1.807, 2.05) is 28.8 Å². The molecule has 0 amide bonds. The number of nitrogens with one attached hydrogen (secondary N) is 1. The number of nitrogens with zero attached hydrogens (tertiary/aromatic N) is 2. The number of aryl methyl sites for hydroxylation is 2. The first-order chi connectivity index (χ1) is 13.5. The van der Waals surface area contributed by atoms with E-state index in [2.05, 4.69) is 42.0 Å². The van der Waals surface area contributed by atoms with Gasteiger partial charge in [0.1, 0.15) is 17.1 Å². The fourth-order valence-electron chi connectivity index (χ4n) is 3.48. The van der Waals surface area contributed by atoms with E-state index in [4.69, 9.17) is 21.7 Å². The van der Waals surface area contributed by atoms with Gasteiger partial charge in [0.15, 0.2) is 0 Å². The molecule has 0 saturated carbocycles. The number of aromatic amines is 1. The van der Waals surface area contributed by atoms with Crippen molar-refractivity contribution >= 4 is 17.9 Å². The van der Waals surface area contributed by atoms with Gasteiger partial charge in [-0.25, -0.2) is 4.98 Å². The molecule has 0 aliphatic heterocycles. The molecule has 6 heteroatoms. The molecule has 0 aliphatic carbocycles. The number of ether oxygens (including phenoxy) is 2. The number of hydrogen-bond acceptors (Lipinski definition) is 4. The van der Waals surface area contributed by atoms with Crippen molar-refractivity contribution in [3.05, 3.63) is 64.7 Å². The molecule has 1 N–H and O–H groups in total. The maximum absolute atomic E-state index is 5.57. The van der Waals surface area contributed by atoms with Crippen molar-refractivity contribution in [2.75, 3.05) is 14.2 Å². The minimum Gasteiger partial charge on any atom is -0.497 e.